The van der Waals surface area contributed by atoms with Gasteiger partial charge in [0.1, 0.15) is 11.2 Å². The molecule has 8 aromatic carbocycles. The predicted octanol–water partition coefficient (Wildman–Crippen LogP) is 12.6. The Kier molecular flexibility index (Phi) is 2.58. The molecular formula is C44H28O. The highest BCUT2D eigenvalue weighted by molar-refractivity contribution is 6.22. The molecule has 0 fully saturated rings. The topological polar surface area (TPSA) is 13.1 Å². The second-order valence-corrected chi connectivity index (χ2v) is 9.84. The number of rotatable bonds is 4. The average Bonchev–Trinajstić information content (AvgIpc) is 3.74. The fourth-order valence-corrected chi connectivity index (χ4v) is 5.52. The molecule has 0 amide bonds. The summed E-state index contributed by atoms with van der Waals surface area (Å²) in [5.41, 5.74) is -4.06. The number of hydrogen-bond acceptors (Lipinski definition) is 1. The van der Waals surface area contributed by atoms with Crippen molar-refractivity contribution < 1.29 is 37.3 Å². The van der Waals surface area contributed by atoms with Gasteiger partial charge in [-0.25, -0.2) is 0 Å². The van der Waals surface area contributed by atoms with Gasteiger partial charge in [-0.2, -0.15) is 0 Å². The van der Waals surface area contributed by atoms with Crippen LogP contribution in [0.25, 0.3) is 88.0 Å². The van der Waals surface area contributed by atoms with E-state index in [-0.39, 0.29) is 22.3 Å². The van der Waals surface area contributed by atoms with Gasteiger partial charge < -0.3 is 4.42 Å². The molecule has 0 aliphatic rings. The minimum absolute atomic E-state index is 0.0115. The summed E-state index contributed by atoms with van der Waals surface area (Å²) in [6.45, 7) is 0. The van der Waals surface area contributed by atoms with Crippen molar-refractivity contribution in [3.05, 3.63) is 169 Å². The van der Waals surface area contributed by atoms with E-state index in [0.717, 1.165) is 0 Å². The number of furan rings is 1. The van der Waals surface area contributed by atoms with Gasteiger partial charge in [-0.15, -0.1) is 0 Å². The predicted molar refractivity (Wildman–Crippen MR) is 190 cm³/mol. The van der Waals surface area contributed by atoms with Crippen LogP contribution in [0.1, 0.15) is 32.9 Å². The van der Waals surface area contributed by atoms with Gasteiger partial charge in [0.2, 0.25) is 0 Å². The summed E-state index contributed by atoms with van der Waals surface area (Å²) in [7, 11) is 0. The van der Waals surface area contributed by atoms with Crippen molar-refractivity contribution in [2.75, 3.05) is 0 Å². The zero-order chi connectivity index (χ0) is 50.6. The minimum Gasteiger partial charge on any atom is -0.456 e. The van der Waals surface area contributed by atoms with Gasteiger partial charge >= 0.3 is 0 Å². The Morgan fingerprint density at radius 1 is 0.400 bits per heavy atom. The third kappa shape index (κ3) is 4.17. The SMILES string of the molecule is [2H]c1c([2H])c([2H])c(-c2cccc(-c3c4c([2H])c([2H])c([2H])c([2H])c4c(-c4c([2H])c([2H])c5c(oc6c([2H])c([2H])c([2H])c(-c7c([2H])c([2H])c([2H])c([2H])c7[2H])c65)c4[2H])c4c([2H])c([2H])c([2H])c([2H])c34)c2)c([2H])c1[2H]. The molecule has 0 atom stereocenters. The van der Waals surface area contributed by atoms with Crippen LogP contribution in [0.3, 0.4) is 0 Å². The maximum atomic E-state index is 9.73. The summed E-state index contributed by atoms with van der Waals surface area (Å²) in [6, 6.07) is -13.1. The molecule has 0 aliphatic heterocycles. The fraction of sp³-hybridized carbons (Fsp3) is 0. The zero-order valence-electron chi connectivity index (χ0n) is 46.7. The molecule has 9 aromatic rings. The van der Waals surface area contributed by atoms with Crippen LogP contribution in [-0.2, 0) is 0 Å². The van der Waals surface area contributed by atoms with Crippen molar-refractivity contribution >= 4 is 43.5 Å². The first-order chi connectivity index (χ1) is 32.3. The van der Waals surface area contributed by atoms with Crippen LogP contribution < -0.4 is 0 Å². The van der Waals surface area contributed by atoms with Crippen molar-refractivity contribution in [3.8, 4) is 44.5 Å². The molecule has 1 heteroatoms. The van der Waals surface area contributed by atoms with E-state index < -0.39 is 211 Å². The molecule has 45 heavy (non-hydrogen) atoms. The first-order valence-electron chi connectivity index (χ1n) is 25.5. The monoisotopic (exact) mass is 596 g/mol. The molecule has 0 unspecified atom stereocenters. The average molecular weight is 597 g/mol. The summed E-state index contributed by atoms with van der Waals surface area (Å²) in [6.07, 6.45) is 0. The van der Waals surface area contributed by atoms with Crippen molar-refractivity contribution in [1.82, 2.24) is 0 Å². The van der Waals surface area contributed by atoms with E-state index in [1.165, 1.54) is 24.3 Å². The lowest BCUT2D eigenvalue weighted by Crippen LogP contribution is -1.91. The Hall–Kier alpha value is -5.92. The lowest BCUT2D eigenvalue weighted by atomic mass is 9.85. The molecule has 0 spiro atoms. The zero-order valence-corrected chi connectivity index (χ0v) is 22.7. The summed E-state index contributed by atoms with van der Waals surface area (Å²) in [5.74, 6) is 0. The van der Waals surface area contributed by atoms with Crippen LogP contribution in [0.15, 0.2) is 174 Å². The summed E-state index contributed by atoms with van der Waals surface area (Å²) in [5, 5.41) is -2.72. The van der Waals surface area contributed by atoms with Crippen molar-refractivity contribution in [2.24, 2.45) is 0 Å². The van der Waals surface area contributed by atoms with E-state index in [4.69, 9.17) is 27.7 Å². The van der Waals surface area contributed by atoms with Crippen LogP contribution in [0, 0.1) is 0 Å². The fourth-order valence-electron chi connectivity index (χ4n) is 5.52. The molecule has 0 aliphatic carbocycles. The van der Waals surface area contributed by atoms with Crippen molar-refractivity contribution in [3.63, 3.8) is 0 Å². The number of hydrogen-bond donors (Lipinski definition) is 0. The van der Waals surface area contributed by atoms with E-state index in [1.807, 2.05) is 0 Å². The van der Waals surface area contributed by atoms with Crippen LogP contribution in [0.4, 0.5) is 0 Å². The molecule has 0 bridgehead atoms. The Labute approximate surface area is 295 Å². The largest absolute Gasteiger partial charge is 0.456 e. The second-order valence-electron chi connectivity index (χ2n) is 9.84. The maximum absolute atomic E-state index is 9.73. The molecule has 1 heterocycles. The highest BCUT2D eigenvalue weighted by atomic mass is 16.3. The Morgan fingerprint density at radius 3 is 1.64 bits per heavy atom. The molecular weight excluding hydrogens is 544 g/mol. The maximum Gasteiger partial charge on any atom is 0.136 e. The van der Waals surface area contributed by atoms with E-state index in [1.54, 1.807) is 0 Å². The van der Waals surface area contributed by atoms with Crippen molar-refractivity contribution in [2.45, 2.75) is 0 Å². The smallest absolute Gasteiger partial charge is 0.136 e. The lowest BCUT2D eigenvalue weighted by molar-refractivity contribution is 0.669. The molecule has 9 rings (SSSR count). The van der Waals surface area contributed by atoms with E-state index in [9.17, 15) is 9.60 Å². The standard InChI is InChI=1S/C44H28O/c1-3-13-29(14-4-1)31-17-11-18-32(27-31)42-35-19-7-9-21-37(35)43(38-22-10-8-20-36(38)42)33-25-26-39-41(28-33)45-40-24-12-23-34(44(39)40)30-15-5-2-6-16-30/h1-28H/i1D,2D,3D,4D,5D,6D,7D,8D,9D,10D,12D,13D,14D,15D,16D,19D,20D,21D,22D,23D,24D,25D,26D,28D. The Morgan fingerprint density at radius 2 is 0.978 bits per heavy atom. The molecule has 210 valence electrons. The lowest BCUT2D eigenvalue weighted by Gasteiger charge is -2.18. The van der Waals surface area contributed by atoms with E-state index in [2.05, 4.69) is 0 Å². The molecule has 1 nitrogen and oxygen atoms in total. The first-order valence-corrected chi connectivity index (χ1v) is 13.5. The number of benzene rings is 8. The van der Waals surface area contributed by atoms with Gasteiger partial charge in [0, 0.05) is 10.8 Å². The molecule has 0 radical (unpaired) electrons. The quantitative estimate of drug-likeness (QED) is 0.184. The third-order valence-corrected chi connectivity index (χ3v) is 7.39. The van der Waals surface area contributed by atoms with Crippen LogP contribution >= 0.6 is 0 Å². The second kappa shape index (κ2) is 10.4. The summed E-state index contributed by atoms with van der Waals surface area (Å²) >= 11 is 0. The highest BCUT2D eigenvalue weighted by Crippen LogP contribution is 2.45. The van der Waals surface area contributed by atoms with Gasteiger partial charge in [-0.3, -0.25) is 0 Å². The van der Waals surface area contributed by atoms with Crippen LogP contribution in [0.2, 0.25) is 0 Å². The van der Waals surface area contributed by atoms with Gasteiger partial charge in [-0.05, 0) is 90.2 Å². The van der Waals surface area contributed by atoms with Gasteiger partial charge in [0.15, 0.2) is 0 Å². The van der Waals surface area contributed by atoms with Gasteiger partial charge in [0.05, 0.1) is 32.9 Å². The summed E-state index contributed by atoms with van der Waals surface area (Å²) in [4.78, 5) is 0. The van der Waals surface area contributed by atoms with E-state index in [0.29, 0.717) is 0 Å². The molecule has 0 saturated heterocycles. The molecule has 0 N–H and O–H groups in total. The van der Waals surface area contributed by atoms with Gasteiger partial charge in [0.25, 0.3) is 0 Å². The van der Waals surface area contributed by atoms with Gasteiger partial charge in [-0.1, -0.05) is 145 Å². The minimum atomic E-state index is -0.909. The van der Waals surface area contributed by atoms with E-state index >= 15 is 0 Å². The normalized spacial score (nSPS) is 19.0. The first kappa shape index (κ1) is 11.2. The summed E-state index contributed by atoms with van der Waals surface area (Å²) < 4.78 is 218. The van der Waals surface area contributed by atoms with Crippen LogP contribution in [0.5, 0.6) is 0 Å². The third-order valence-electron chi connectivity index (χ3n) is 7.39. The van der Waals surface area contributed by atoms with Crippen molar-refractivity contribution in [1.29, 1.82) is 0 Å². The Bertz CT molecular complexity index is 3750. The molecule has 0 saturated carbocycles. The van der Waals surface area contributed by atoms with Crippen LogP contribution in [-0.4, -0.2) is 0 Å². The Balaban J connectivity index is 1.52. The highest BCUT2D eigenvalue weighted by Gasteiger charge is 2.19. The molecule has 1 aromatic heterocycles. The number of fused-ring (bicyclic) bond motifs is 5.